The van der Waals surface area contributed by atoms with Gasteiger partial charge in [-0.05, 0) is 36.7 Å². The minimum absolute atomic E-state index is 0.155. The molecule has 4 nitrogen and oxygen atoms in total. The highest BCUT2D eigenvalue weighted by Gasteiger charge is 2.03. The maximum Gasteiger partial charge on any atom is 0.222 e. The van der Waals surface area contributed by atoms with Crippen LogP contribution in [0.15, 0.2) is 16.5 Å². The van der Waals surface area contributed by atoms with Gasteiger partial charge in [0.2, 0.25) is 5.91 Å². The summed E-state index contributed by atoms with van der Waals surface area (Å²) in [6.45, 7) is 1.43. The second kappa shape index (κ2) is 6.55. The molecule has 0 unspecified atom stereocenters. The van der Waals surface area contributed by atoms with Gasteiger partial charge >= 0.3 is 0 Å². The summed E-state index contributed by atoms with van der Waals surface area (Å²) in [6, 6.07) is 3.55. The average molecular weight is 245 g/mol. The largest absolute Gasteiger partial charge is 0.448 e. The molecule has 0 saturated carbocycles. The predicted molar refractivity (Wildman–Crippen MR) is 63.4 cm³/mol. The third kappa shape index (κ3) is 4.68. The van der Waals surface area contributed by atoms with E-state index in [-0.39, 0.29) is 5.91 Å². The zero-order valence-electron chi connectivity index (χ0n) is 9.62. The zero-order chi connectivity index (χ0) is 12.0. The molecular formula is C11H17ClN2O2. The summed E-state index contributed by atoms with van der Waals surface area (Å²) >= 11 is 5.63. The van der Waals surface area contributed by atoms with Gasteiger partial charge in [0.1, 0.15) is 5.76 Å². The third-order valence-corrected chi connectivity index (χ3v) is 2.37. The number of rotatable bonds is 6. The zero-order valence-corrected chi connectivity index (χ0v) is 10.4. The van der Waals surface area contributed by atoms with Crippen molar-refractivity contribution in [3.8, 4) is 0 Å². The molecule has 1 aromatic heterocycles. The van der Waals surface area contributed by atoms with E-state index in [1.165, 1.54) is 0 Å². The maximum atomic E-state index is 11.2. The van der Waals surface area contributed by atoms with Crippen LogP contribution < -0.4 is 5.32 Å². The number of carbonyl (C=O) groups excluding carboxylic acids is 1. The quantitative estimate of drug-likeness (QED) is 0.778. The van der Waals surface area contributed by atoms with E-state index in [0.717, 1.165) is 18.7 Å². The molecule has 0 radical (unpaired) electrons. The molecule has 0 aliphatic carbocycles. The molecule has 1 heterocycles. The lowest BCUT2D eigenvalue weighted by Crippen LogP contribution is -2.23. The molecule has 1 rings (SSSR count). The molecule has 0 aromatic carbocycles. The molecule has 0 bridgehead atoms. The summed E-state index contributed by atoms with van der Waals surface area (Å²) in [6.07, 6.45) is 1.39. The second-order valence-corrected chi connectivity index (χ2v) is 4.15. The van der Waals surface area contributed by atoms with Crippen LogP contribution >= 0.6 is 11.6 Å². The Morgan fingerprint density at radius 3 is 2.81 bits per heavy atom. The van der Waals surface area contributed by atoms with Crippen molar-refractivity contribution in [1.82, 2.24) is 10.2 Å². The number of amides is 1. The summed E-state index contributed by atoms with van der Waals surface area (Å²) in [7, 11) is 3.53. The standard InChI is InChI=1S/C11H17ClN2O2/c1-14(2)11(15)4-3-7-13-8-9-5-6-10(12)16-9/h5-6,13H,3-4,7-8H2,1-2H3. The highest BCUT2D eigenvalue weighted by atomic mass is 35.5. The summed E-state index contributed by atoms with van der Waals surface area (Å²) in [5.41, 5.74) is 0. The minimum atomic E-state index is 0.155. The SMILES string of the molecule is CN(C)C(=O)CCCNCc1ccc(Cl)o1. The average Bonchev–Trinajstić information content (AvgIpc) is 2.63. The molecule has 0 fully saturated rings. The van der Waals surface area contributed by atoms with Crippen molar-refractivity contribution in [2.45, 2.75) is 19.4 Å². The molecular weight excluding hydrogens is 228 g/mol. The first-order chi connectivity index (χ1) is 7.59. The lowest BCUT2D eigenvalue weighted by atomic mass is 10.3. The van der Waals surface area contributed by atoms with Crippen molar-refractivity contribution < 1.29 is 9.21 Å². The molecule has 0 spiro atoms. The van der Waals surface area contributed by atoms with Crippen LogP contribution in [0.1, 0.15) is 18.6 Å². The Morgan fingerprint density at radius 2 is 2.25 bits per heavy atom. The Labute approximate surface area is 101 Å². The summed E-state index contributed by atoms with van der Waals surface area (Å²) in [5, 5.41) is 3.59. The normalized spacial score (nSPS) is 10.4. The monoisotopic (exact) mass is 244 g/mol. The van der Waals surface area contributed by atoms with Gasteiger partial charge in [0.15, 0.2) is 5.22 Å². The molecule has 16 heavy (non-hydrogen) atoms. The van der Waals surface area contributed by atoms with Crippen LogP contribution in [0.2, 0.25) is 5.22 Å². The highest BCUT2D eigenvalue weighted by Crippen LogP contribution is 2.12. The number of hydrogen-bond acceptors (Lipinski definition) is 3. The van der Waals surface area contributed by atoms with Gasteiger partial charge in [-0.1, -0.05) is 0 Å². The van der Waals surface area contributed by atoms with E-state index in [1.807, 2.05) is 6.07 Å². The van der Waals surface area contributed by atoms with Gasteiger partial charge < -0.3 is 14.6 Å². The number of hydrogen-bond donors (Lipinski definition) is 1. The highest BCUT2D eigenvalue weighted by molar-refractivity contribution is 6.28. The van der Waals surface area contributed by atoms with E-state index < -0.39 is 0 Å². The fraction of sp³-hybridized carbons (Fsp3) is 0.545. The fourth-order valence-corrected chi connectivity index (χ4v) is 1.41. The Balaban J connectivity index is 2.06. The Kier molecular flexibility index (Phi) is 5.35. The molecule has 1 N–H and O–H groups in total. The van der Waals surface area contributed by atoms with Crippen molar-refractivity contribution in [3.63, 3.8) is 0 Å². The molecule has 90 valence electrons. The van der Waals surface area contributed by atoms with Gasteiger partial charge in [0.25, 0.3) is 0 Å². The fourth-order valence-electron chi connectivity index (χ4n) is 1.25. The topological polar surface area (TPSA) is 45.5 Å². The number of nitrogens with one attached hydrogen (secondary N) is 1. The smallest absolute Gasteiger partial charge is 0.222 e. The molecule has 5 heteroatoms. The van der Waals surface area contributed by atoms with Crippen molar-refractivity contribution in [3.05, 3.63) is 23.1 Å². The first-order valence-electron chi connectivity index (χ1n) is 5.24. The Hall–Kier alpha value is -1.00. The number of nitrogens with zero attached hydrogens (tertiary/aromatic N) is 1. The minimum Gasteiger partial charge on any atom is -0.448 e. The van der Waals surface area contributed by atoms with E-state index in [4.69, 9.17) is 16.0 Å². The van der Waals surface area contributed by atoms with Crippen LogP contribution in [0, 0.1) is 0 Å². The molecule has 0 saturated heterocycles. The molecule has 0 atom stereocenters. The van der Waals surface area contributed by atoms with E-state index in [1.54, 1.807) is 25.1 Å². The predicted octanol–water partition coefficient (Wildman–Crippen LogP) is 1.89. The van der Waals surface area contributed by atoms with Crippen molar-refractivity contribution in [1.29, 1.82) is 0 Å². The number of halogens is 1. The van der Waals surface area contributed by atoms with Gasteiger partial charge in [-0.15, -0.1) is 0 Å². The Morgan fingerprint density at radius 1 is 1.50 bits per heavy atom. The van der Waals surface area contributed by atoms with E-state index >= 15 is 0 Å². The summed E-state index contributed by atoms with van der Waals surface area (Å²) < 4.78 is 5.18. The van der Waals surface area contributed by atoms with E-state index in [9.17, 15) is 4.79 Å². The molecule has 1 aromatic rings. The molecule has 1 amide bonds. The van der Waals surface area contributed by atoms with Crippen LogP contribution in [-0.4, -0.2) is 31.4 Å². The van der Waals surface area contributed by atoms with E-state index in [0.29, 0.717) is 18.2 Å². The van der Waals surface area contributed by atoms with Gasteiger partial charge in [-0.2, -0.15) is 0 Å². The lowest BCUT2D eigenvalue weighted by molar-refractivity contribution is -0.128. The van der Waals surface area contributed by atoms with Crippen LogP contribution in [0.3, 0.4) is 0 Å². The second-order valence-electron chi connectivity index (χ2n) is 3.77. The van der Waals surface area contributed by atoms with Crippen molar-refractivity contribution in [2.75, 3.05) is 20.6 Å². The molecule has 0 aliphatic rings. The van der Waals surface area contributed by atoms with Crippen LogP contribution in [0.5, 0.6) is 0 Å². The van der Waals surface area contributed by atoms with Gasteiger partial charge in [-0.25, -0.2) is 0 Å². The summed E-state index contributed by atoms with van der Waals surface area (Å²) in [5.74, 6) is 0.965. The van der Waals surface area contributed by atoms with Gasteiger partial charge in [0, 0.05) is 20.5 Å². The van der Waals surface area contributed by atoms with E-state index in [2.05, 4.69) is 5.32 Å². The van der Waals surface area contributed by atoms with Crippen LogP contribution in [0.4, 0.5) is 0 Å². The lowest BCUT2D eigenvalue weighted by Gasteiger charge is -2.09. The Bertz CT molecular complexity index is 336. The first-order valence-corrected chi connectivity index (χ1v) is 5.62. The summed E-state index contributed by atoms with van der Waals surface area (Å²) in [4.78, 5) is 12.8. The van der Waals surface area contributed by atoms with Crippen LogP contribution in [0.25, 0.3) is 0 Å². The number of carbonyl (C=O) groups is 1. The van der Waals surface area contributed by atoms with Crippen LogP contribution in [-0.2, 0) is 11.3 Å². The third-order valence-electron chi connectivity index (χ3n) is 2.17. The van der Waals surface area contributed by atoms with Crippen molar-refractivity contribution in [2.24, 2.45) is 0 Å². The number of furan rings is 1. The van der Waals surface area contributed by atoms with Crippen molar-refractivity contribution >= 4 is 17.5 Å². The van der Waals surface area contributed by atoms with Gasteiger partial charge in [0.05, 0.1) is 6.54 Å². The van der Waals surface area contributed by atoms with Gasteiger partial charge in [-0.3, -0.25) is 4.79 Å². The molecule has 0 aliphatic heterocycles. The first kappa shape index (κ1) is 13.1. The maximum absolute atomic E-state index is 11.2.